The number of hydrogen-bond donors (Lipinski definition) is 2. The number of aromatic hydroxyl groups is 1. The van der Waals surface area contributed by atoms with E-state index in [4.69, 9.17) is 37.4 Å². The summed E-state index contributed by atoms with van der Waals surface area (Å²) >= 11 is 11.9. The number of aliphatic hydroxyl groups excluding tert-OH is 1. The lowest BCUT2D eigenvalue weighted by Gasteiger charge is -2.22. The van der Waals surface area contributed by atoms with Gasteiger partial charge in [0.05, 0.1) is 16.5 Å². The normalized spacial score (nSPS) is 14.2. The lowest BCUT2D eigenvalue weighted by molar-refractivity contribution is -0.176. The molecule has 0 bridgehead atoms. The highest BCUT2D eigenvalue weighted by Crippen LogP contribution is 2.41. The summed E-state index contributed by atoms with van der Waals surface area (Å²) in [6.07, 6.45) is 0.312. The second kappa shape index (κ2) is 6.78. The number of aliphatic hydroxyl groups is 1. The Labute approximate surface area is 166 Å². The summed E-state index contributed by atoms with van der Waals surface area (Å²) in [5.74, 6) is -2.73. The van der Waals surface area contributed by atoms with Crippen LogP contribution in [0.5, 0.6) is 11.5 Å². The van der Waals surface area contributed by atoms with Crippen LogP contribution in [0.15, 0.2) is 51.4 Å². The smallest absolute Gasteiger partial charge is 0.344 e. The fourth-order valence-electron chi connectivity index (χ4n) is 2.93. The highest BCUT2D eigenvalue weighted by molar-refractivity contribution is 6.31. The summed E-state index contributed by atoms with van der Waals surface area (Å²) < 4.78 is 5.17. The van der Waals surface area contributed by atoms with Crippen LogP contribution in [-0.4, -0.2) is 16.5 Å². The first-order valence-electron chi connectivity index (χ1n) is 7.88. The SMILES string of the molecule is O=CC(C1=C(O)c2cc(Cl)ccc2OO1)c1c(O)c2cc(Cl)ccc2oc1=O. The molecule has 3 aromatic rings. The van der Waals surface area contributed by atoms with Gasteiger partial charge in [0.1, 0.15) is 23.5 Å². The average molecular weight is 421 g/mol. The van der Waals surface area contributed by atoms with E-state index in [-0.39, 0.29) is 27.3 Å². The van der Waals surface area contributed by atoms with Gasteiger partial charge in [-0.3, -0.25) is 9.78 Å². The summed E-state index contributed by atoms with van der Waals surface area (Å²) in [5.41, 5.74) is -1.17. The van der Waals surface area contributed by atoms with E-state index in [1.807, 2.05) is 0 Å². The Balaban J connectivity index is 1.94. The first-order chi connectivity index (χ1) is 13.4. The molecule has 0 saturated carbocycles. The van der Waals surface area contributed by atoms with Gasteiger partial charge in [-0.15, -0.1) is 0 Å². The van der Waals surface area contributed by atoms with Crippen LogP contribution in [0.25, 0.3) is 16.7 Å². The third-order valence-corrected chi connectivity index (χ3v) is 4.73. The Hall–Kier alpha value is -3.16. The van der Waals surface area contributed by atoms with Gasteiger partial charge in [0.15, 0.2) is 11.5 Å². The summed E-state index contributed by atoms with van der Waals surface area (Å²) in [7, 11) is 0. The number of halogens is 2. The number of allylic oxidation sites excluding steroid dienone is 1. The maximum atomic E-state index is 12.4. The highest BCUT2D eigenvalue weighted by Gasteiger charge is 2.35. The predicted octanol–water partition coefficient (Wildman–Crippen LogP) is 4.34. The molecule has 0 saturated heterocycles. The Kier molecular flexibility index (Phi) is 4.41. The number of aldehydes is 1. The van der Waals surface area contributed by atoms with Crippen LogP contribution < -0.4 is 10.5 Å². The molecule has 0 fully saturated rings. The van der Waals surface area contributed by atoms with Crippen molar-refractivity contribution in [1.29, 1.82) is 0 Å². The van der Waals surface area contributed by atoms with Gasteiger partial charge >= 0.3 is 5.63 Å². The molecule has 4 rings (SSSR count). The van der Waals surface area contributed by atoms with E-state index in [0.717, 1.165) is 0 Å². The minimum atomic E-state index is -1.51. The van der Waals surface area contributed by atoms with E-state index in [1.54, 1.807) is 0 Å². The molecule has 1 unspecified atom stereocenters. The van der Waals surface area contributed by atoms with E-state index in [1.165, 1.54) is 36.4 Å². The molecule has 1 atom stereocenters. The first-order valence-corrected chi connectivity index (χ1v) is 8.64. The number of rotatable bonds is 3. The number of fused-ring (bicyclic) bond motifs is 2. The molecule has 2 N–H and O–H groups in total. The van der Waals surface area contributed by atoms with Gasteiger partial charge in [-0.25, -0.2) is 4.79 Å². The van der Waals surface area contributed by atoms with Gasteiger partial charge in [-0.1, -0.05) is 23.2 Å². The molecular weight excluding hydrogens is 411 g/mol. The van der Waals surface area contributed by atoms with Gasteiger partial charge in [0.25, 0.3) is 0 Å². The molecule has 1 aromatic heterocycles. The molecular formula is C19H10Cl2O7. The highest BCUT2D eigenvalue weighted by atomic mass is 35.5. The Morgan fingerprint density at radius 1 is 1.00 bits per heavy atom. The lowest BCUT2D eigenvalue weighted by Crippen LogP contribution is -2.21. The third kappa shape index (κ3) is 2.85. The lowest BCUT2D eigenvalue weighted by atomic mass is 9.95. The van der Waals surface area contributed by atoms with Crippen molar-refractivity contribution in [1.82, 2.24) is 0 Å². The van der Waals surface area contributed by atoms with Crippen LogP contribution in [0.3, 0.4) is 0 Å². The Morgan fingerprint density at radius 2 is 1.71 bits per heavy atom. The van der Waals surface area contributed by atoms with E-state index >= 15 is 0 Å². The van der Waals surface area contributed by atoms with E-state index < -0.39 is 34.4 Å². The van der Waals surface area contributed by atoms with Crippen molar-refractivity contribution in [3.8, 4) is 11.5 Å². The minimum Gasteiger partial charge on any atom is -0.507 e. The quantitative estimate of drug-likeness (QED) is 0.368. The van der Waals surface area contributed by atoms with Gasteiger partial charge in [-0.2, -0.15) is 0 Å². The molecule has 0 amide bonds. The molecule has 1 aliphatic heterocycles. The molecule has 2 aromatic carbocycles. The molecule has 9 heteroatoms. The number of carbonyl (C=O) groups is 1. The number of benzene rings is 2. The second-order valence-corrected chi connectivity index (χ2v) is 6.80. The minimum absolute atomic E-state index is 0.0800. The molecule has 0 aliphatic carbocycles. The zero-order valence-electron chi connectivity index (χ0n) is 13.8. The number of carbonyl (C=O) groups excluding carboxylic acids is 1. The zero-order valence-corrected chi connectivity index (χ0v) is 15.3. The largest absolute Gasteiger partial charge is 0.507 e. The van der Waals surface area contributed by atoms with Crippen molar-refractivity contribution in [2.45, 2.75) is 5.92 Å². The van der Waals surface area contributed by atoms with E-state index in [0.29, 0.717) is 11.3 Å². The van der Waals surface area contributed by atoms with Crippen molar-refractivity contribution in [3.05, 3.63) is 73.7 Å². The first kappa shape index (κ1) is 18.2. The summed E-state index contributed by atoms with van der Waals surface area (Å²) in [5, 5.41) is 21.9. The van der Waals surface area contributed by atoms with Crippen LogP contribution in [0.4, 0.5) is 0 Å². The van der Waals surface area contributed by atoms with Crippen molar-refractivity contribution in [2.75, 3.05) is 0 Å². The van der Waals surface area contributed by atoms with Gasteiger partial charge < -0.3 is 19.4 Å². The molecule has 0 spiro atoms. The molecule has 1 aliphatic rings. The fourth-order valence-corrected chi connectivity index (χ4v) is 3.27. The standard InChI is InChI=1S/C19H10Cl2O7/c20-8-1-3-13-10(5-8)16(23)15(19(25)26-13)12(7-22)18-17(24)11-6-9(21)2-4-14(11)27-28-18/h1-7,12,23-24H. The van der Waals surface area contributed by atoms with Crippen LogP contribution in [-0.2, 0) is 9.68 Å². The number of hydrogen-bond acceptors (Lipinski definition) is 7. The van der Waals surface area contributed by atoms with Crippen molar-refractivity contribution < 1.29 is 29.2 Å². The van der Waals surface area contributed by atoms with Gasteiger partial charge in [0.2, 0.25) is 5.76 Å². The Bertz CT molecular complexity index is 1210. The van der Waals surface area contributed by atoms with Crippen molar-refractivity contribution in [2.24, 2.45) is 0 Å². The van der Waals surface area contributed by atoms with Crippen LogP contribution in [0.2, 0.25) is 10.0 Å². The maximum Gasteiger partial charge on any atom is 0.344 e. The molecule has 7 nitrogen and oxygen atoms in total. The van der Waals surface area contributed by atoms with Crippen molar-refractivity contribution in [3.63, 3.8) is 0 Å². The molecule has 2 heterocycles. The van der Waals surface area contributed by atoms with Crippen LogP contribution in [0.1, 0.15) is 17.0 Å². The predicted molar refractivity (Wildman–Crippen MR) is 101 cm³/mol. The summed E-state index contributed by atoms with van der Waals surface area (Å²) in [6.45, 7) is 0. The second-order valence-electron chi connectivity index (χ2n) is 5.93. The van der Waals surface area contributed by atoms with Gasteiger partial charge in [0, 0.05) is 10.0 Å². The maximum absolute atomic E-state index is 12.4. The monoisotopic (exact) mass is 420 g/mol. The molecule has 0 radical (unpaired) electrons. The fraction of sp³-hybridized carbons (Fsp3) is 0.0526. The van der Waals surface area contributed by atoms with E-state index in [9.17, 15) is 19.8 Å². The molecule has 142 valence electrons. The average Bonchev–Trinajstić information content (AvgIpc) is 2.67. The van der Waals surface area contributed by atoms with Crippen LogP contribution >= 0.6 is 23.2 Å². The third-order valence-electron chi connectivity index (χ3n) is 4.26. The summed E-state index contributed by atoms with van der Waals surface area (Å²) in [6, 6.07) is 8.66. The molecule has 28 heavy (non-hydrogen) atoms. The topological polar surface area (TPSA) is 106 Å². The van der Waals surface area contributed by atoms with E-state index in [2.05, 4.69) is 0 Å². The van der Waals surface area contributed by atoms with Crippen LogP contribution in [0, 0.1) is 0 Å². The Morgan fingerprint density at radius 3 is 2.46 bits per heavy atom. The van der Waals surface area contributed by atoms with Gasteiger partial charge in [-0.05, 0) is 36.4 Å². The summed E-state index contributed by atoms with van der Waals surface area (Å²) in [4.78, 5) is 34.4. The zero-order chi connectivity index (χ0) is 20.0. The van der Waals surface area contributed by atoms with Crippen molar-refractivity contribution >= 4 is 46.2 Å².